The Bertz CT molecular complexity index is 1020. The lowest BCUT2D eigenvalue weighted by atomic mass is 9.75. The number of nitrogens with one attached hydrogen (secondary N) is 2. The van der Waals surface area contributed by atoms with E-state index in [0.29, 0.717) is 17.9 Å². The van der Waals surface area contributed by atoms with Crippen molar-refractivity contribution in [3.05, 3.63) is 64.7 Å². The maximum absolute atomic E-state index is 13.6. The van der Waals surface area contributed by atoms with E-state index >= 15 is 0 Å². The predicted octanol–water partition coefficient (Wildman–Crippen LogP) is 3.38. The molecule has 1 unspecified atom stereocenters. The molecule has 3 aliphatic heterocycles. The van der Waals surface area contributed by atoms with Crippen molar-refractivity contribution in [3.63, 3.8) is 0 Å². The molecular weight excluding hydrogens is 402 g/mol. The smallest absolute Gasteiger partial charge is 0.255 e. The number of carbonyl (C=O) groups excluding carboxylic acids is 2. The summed E-state index contributed by atoms with van der Waals surface area (Å²) in [5.41, 5.74) is 3.73. The van der Waals surface area contributed by atoms with Crippen molar-refractivity contribution in [1.29, 1.82) is 0 Å². The first-order chi connectivity index (χ1) is 15.6. The van der Waals surface area contributed by atoms with E-state index in [1.165, 1.54) is 0 Å². The number of fused-ring (bicyclic) bond motifs is 4. The largest absolute Gasteiger partial charge is 0.496 e. The highest BCUT2D eigenvalue weighted by atomic mass is 16.5. The fourth-order valence-corrected chi connectivity index (χ4v) is 5.75. The Morgan fingerprint density at radius 3 is 2.81 bits per heavy atom. The minimum absolute atomic E-state index is 0.0579. The van der Waals surface area contributed by atoms with Crippen LogP contribution in [-0.2, 0) is 11.2 Å². The first-order valence-electron chi connectivity index (χ1n) is 11.7. The molecule has 2 amide bonds. The number of hydrogen-bond acceptors (Lipinski definition) is 4. The van der Waals surface area contributed by atoms with Gasteiger partial charge in [0.25, 0.3) is 5.91 Å². The van der Waals surface area contributed by atoms with Crippen molar-refractivity contribution in [2.75, 3.05) is 20.2 Å². The molecule has 3 heterocycles. The molecule has 0 spiro atoms. The number of rotatable bonds is 4. The summed E-state index contributed by atoms with van der Waals surface area (Å²) in [4.78, 5) is 29.0. The third-order valence-corrected chi connectivity index (χ3v) is 7.38. The second-order valence-electron chi connectivity index (χ2n) is 9.16. The molecule has 0 aliphatic carbocycles. The van der Waals surface area contributed by atoms with Crippen LogP contribution >= 0.6 is 0 Å². The van der Waals surface area contributed by atoms with E-state index in [4.69, 9.17) is 4.74 Å². The fourth-order valence-electron chi connectivity index (χ4n) is 5.75. The zero-order valence-corrected chi connectivity index (χ0v) is 18.8. The Hall–Kier alpha value is -2.86. The highest BCUT2D eigenvalue weighted by Crippen LogP contribution is 2.44. The van der Waals surface area contributed by atoms with Crippen LogP contribution < -0.4 is 15.4 Å². The molecule has 0 aromatic heterocycles. The molecule has 3 aliphatic rings. The number of ether oxygens (including phenoxy) is 1. The molecule has 2 N–H and O–H groups in total. The number of amides is 2. The van der Waals surface area contributed by atoms with Crippen LogP contribution in [0.25, 0.3) is 0 Å². The van der Waals surface area contributed by atoms with Crippen molar-refractivity contribution < 1.29 is 14.3 Å². The molecular formula is C26H31N3O3. The van der Waals surface area contributed by atoms with Crippen LogP contribution in [0.4, 0.5) is 0 Å². The third kappa shape index (κ3) is 3.56. The lowest BCUT2D eigenvalue weighted by Crippen LogP contribution is -2.58. The maximum atomic E-state index is 13.6. The maximum Gasteiger partial charge on any atom is 0.255 e. The topological polar surface area (TPSA) is 70.7 Å². The first kappa shape index (κ1) is 21.0. The van der Waals surface area contributed by atoms with Crippen LogP contribution in [-0.4, -0.2) is 43.0 Å². The predicted molar refractivity (Wildman–Crippen MR) is 123 cm³/mol. The highest BCUT2D eigenvalue weighted by molar-refractivity contribution is 5.99. The van der Waals surface area contributed by atoms with Gasteiger partial charge in [-0.3, -0.25) is 9.59 Å². The zero-order valence-electron chi connectivity index (χ0n) is 18.8. The van der Waals surface area contributed by atoms with Gasteiger partial charge >= 0.3 is 0 Å². The summed E-state index contributed by atoms with van der Waals surface area (Å²) < 4.78 is 5.65. The second-order valence-corrected chi connectivity index (χ2v) is 9.16. The van der Waals surface area contributed by atoms with Crippen LogP contribution in [0.3, 0.4) is 0 Å². The third-order valence-electron chi connectivity index (χ3n) is 7.38. The quantitative estimate of drug-likeness (QED) is 0.776. The normalized spacial score (nSPS) is 25.2. The van der Waals surface area contributed by atoms with Crippen molar-refractivity contribution in [3.8, 4) is 5.75 Å². The summed E-state index contributed by atoms with van der Waals surface area (Å²) in [5.74, 6) is 0.705. The van der Waals surface area contributed by atoms with Crippen LogP contribution in [0.2, 0.25) is 0 Å². The van der Waals surface area contributed by atoms with E-state index in [1.807, 2.05) is 48.2 Å². The SMILES string of the molecule is COc1ccc2c(c1C(=O)NC(C)c1ccccc1)[C@H]1C[C@@H]3NCCC[C@@H]3C(=O)N1CC2. The van der Waals surface area contributed by atoms with Gasteiger partial charge in [-0.05, 0) is 61.9 Å². The molecule has 4 atom stereocenters. The molecule has 0 saturated carbocycles. The van der Waals surface area contributed by atoms with Crippen LogP contribution in [0.1, 0.15) is 65.3 Å². The van der Waals surface area contributed by atoms with Crippen LogP contribution in [0.5, 0.6) is 5.75 Å². The van der Waals surface area contributed by atoms with E-state index in [1.54, 1.807) is 7.11 Å². The minimum atomic E-state index is -0.150. The molecule has 2 saturated heterocycles. The zero-order chi connectivity index (χ0) is 22.2. The van der Waals surface area contributed by atoms with Gasteiger partial charge in [-0.2, -0.15) is 0 Å². The Balaban J connectivity index is 1.52. The average molecular weight is 434 g/mol. The van der Waals surface area contributed by atoms with E-state index in [9.17, 15) is 9.59 Å². The molecule has 32 heavy (non-hydrogen) atoms. The second kappa shape index (κ2) is 8.58. The van der Waals surface area contributed by atoms with Crippen molar-refractivity contribution in [2.24, 2.45) is 5.92 Å². The molecule has 0 radical (unpaired) electrons. The summed E-state index contributed by atoms with van der Waals surface area (Å²) in [6, 6.07) is 13.8. The van der Waals surface area contributed by atoms with Gasteiger partial charge in [0.1, 0.15) is 5.75 Å². The average Bonchev–Trinajstić information content (AvgIpc) is 2.83. The van der Waals surface area contributed by atoms with E-state index in [-0.39, 0.29) is 35.9 Å². The van der Waals surface area contributed by atoms with Crippen molar-refractivity contribution in [2.45, 2.75) is 50.7 Å². The summed E-state index contributed by atoms with van der Waals surface area (Å²) in [7, 11) is 1.60. The number of hydrogen-bond donors (Lipinski definition) is 2. The van der Waals surface area contributed by atoms with Gasteiger partial charge in [0, 0.05) is 12.6 Å². The van der Waals surface area contributed by atoms with Gasteiger partial charge in [0.05, 0.1) is 30.7 Å². The molecule has 6 heteroatoms. The molecule has 2 fully saturated rings. The number of carbonyl (C=O) groups is 2. The lowest BCUT2D eigenvalue weighted by Gasteiger charge is -2.49. The Kier molecular flexibility index (Phi) is 5.64. The molecule has 2 aromatic rings. The van der Waals surface area contributed by atoms with E-state index in [2.05, 4.69) is 16.7 Å². The Morgan fingerprint density at radius 1 is 1.22 bits per heavy atom. The lowest BCUT2D eigenvalue weighted by molar-refractivity contribution is -0.145. The Labute approximate surface area is 189 Å². The fraction of sp³-hybridized carbons (Fsp3) is 0.462. The van der Waals surface area contributed by atoms with Crippen LogP contribution in [0.15, 0.2) is 42.5 Å². The van der Waals surface area contributed by atoms with Gasteiger partial charge in [0.2, 0.25) is 5.91 Å². The monoisotopic (exact) mass is 433 g/mol. The summed E-state index contributed by atoms with van der Waals surface area (Å²) in [5, 5.41) is 6.73. The first-order valence-corrected chi connectivity index (χ1v) is 11.7. The number of piperidine rings is 2. The number of methoxy groups -OCH3 is 1. The molecule has 168 valence electrons. The van der Waals surface area contributed by atoms with Crippen molar-refractivity contribution >= 4 is 11.8 Å². The minimum Gasteiger partial charge on any atom is -0.496 e. The molecule has 0 bridgehead atoms. The van der Waals surface area contributed by atoms with E-state index < -0.39 is 0 Å². The summed E-state index contributed by atoms with van der Waals surface area (Å²) >= 11 is 0. The van der Waals surface area contributed by atoms with Gasteiger partial charge in [-0.25, -0.2) is 0 Å². The molecule has 5 rings (SSSR count). The van der Waals surface area contributed by atoms with Crippen molar-refractivity contribution in [1.82, 2.24) is 15.5 Å². The van der Waals surface area contributed by atoms with E-state index in [0.717, 1.165) is 48.9 Å². The Morgan fingerprint density at radius 2 is 2.03 bits per heavy atom. The van der Waals surface area contributed by atoms with Gasteiger partial charge < -0.3 is 20.3 Å². The van der Waals surface area contributed by atoms with Crippen LogP contribution in [0, 0.1) is 5.92 Å². The highest BCUT2D eigenvalue weighted by Gasteiger charge is 2.46. The molecule has 2 aromatic carbocycles. The number of nitrogens with zero attached hydrogens (tertiary/aromatic N) is 1. The standard InChI is InChI=1S/C26H31N3O3/c1-16(17-7-4-3-5-8-17)28-25(30)24-22(32-2)11-10-18-12-14-29-21(23(18)24)15-20-19(26(29)31)9-6-13-27-20/h3-5,7-8,10-11,16,19-21,27H,6,9,12-15H2,1-2H3,(H,28,30)/t16?,19-,20-,21+/m0/s1. The van der Waals surface area contributed by atoms with Gasteiger partial charge in [-0.15, -0.1) is 0 Å². The molecule has 6 nitrogen and oxygen atoms in total. The van der Waals surface area contributed by atoms with Gasteiger partial charge in [0.15, 0.2) is 0 Å². The summed E-state index contributed by atoms with van der Waals surface area (Å²) in [6.45, 7) is 3.66. The van der Waals surface area contributed by atoms with Gasteiger partial charge in [-0.1, -0.05) is 36.4 Å². The summed E-state index contributed by atoms with van der Waals surface area (Å²) in [6.07, 6.45) is 3.60. The number of benzene rings is 2.